The number of isocyanates is 2. The number of nitrogens with zero attached hydrogens (tertiary/aromatic N) is 2. The summed E-state index contributed by atoms with van der Waals surface area (Å²) < 4.78 is 31.6. The molecule has 10 heteroatoms. The number of hydrogen-bond acceptors (Lipinski definition) is 6. The van der Waals surface area contributed by atoms with Gasteiger partial charge in [0.1, 0.15) is 4.90 Å². The first-order valence-corrected chi connectivity index (χ1v) is 6.12. The highest BCUT2D eigenvalue weighted by Crippen LogP contribution is 2.22. The summed E-state index contributed by atoms with van der Waals surface area (Å²) in [5, 5.41) is 0. The second-order valence-electron chi connectivity index (χ2n) is 3.17. The second-order valence-corrected chi connectivity index (χ2v) is 4.53. The topological polar surface area (TPSA) is 147 Å². The highest BCUT2D eigenvalue weighted by molar-refractivity contribution is 7.86. The lowest BCUT2D eigenvalue weighted by Gasteiger charge is -2.06. The molecule has 0 fully saturated rings. The molecule has 9 nitrogen and oxygen atoms in total. The predicted molar refractivity (Wildman–Crippen MR) is 61.2 cm³/mol. The zero-order chi connectivity index (χ0) is 15.3. The van der Waals surface area contributed by atoms with E-state index >= 15 is 0 Å². The molecule has 0 unspecified atom stereocenters. The molecule has 0 aliphatic carbocycles. The molecule has 0 radical (unpaired) electrons. The third-order valence-corrected chi connectivity index (χ3v) is 2.98. The number of aliphatic imine (C=N–C) groups is 2. The van der Waals surface area contributed by atoms with Crippen LogP contribution in [0.25, 0.3) is 0 Å². The molecule has 0 heterocycles. The Bertz CT molecular complexity index is 736. The van der Waals surface area contributed by atoms with E-state index in [0.29, 0.717) is 0 Å². The van der Waals surface area contributed by atoms with Crippen molar-refractivity contribution >= 4 is 34.1 Å². The number of carbonyl (C=O) groups is 2. The minimum Gasteiger partial charge on any atom is -0.282 e. The Morgan fingerprint density at radius 3 is 1.70 bits per heavy atom. The molecule has 1 N–H and O–H groups in total. The summed E-state index contributed by atoms with van der Waals surface area (Å²) in [6.45, 7) is 0. The number of amides is 2. The third-order valence-electron chi connectivity index (χ3n) is 2.03. The Labute approximate surface area is 111 Å². The average molecular weight is 296 g/mol. The standard InChI is InChI=1S/C10H4N2O7S/c13-4-11-9(15)6-2-1-3-7(10(16)12-5-14)8(6)20(17,18)19/h1-3H,(H,17,18,19). The molecule has 0 saturated carbocycles. The van der Waals surface area contributed by atoms with Gasteiger partial charge in [0.2, 0.25) is 12.2 Å². The molecule has 0 atom stereocenters. The molecule has 0 bridgehead atoms. The van der Waals surface area contributed by atoms with Crippen LogP contribution in [0.1, 0.15) is 20.7 Å². The Hall–Kier alpha value is -2.77. The maximum atomic E-state index is 11.4. The molecule has 0 spiro atoms. The minimum atomic E-state index is -5.01. The molecule has 0 aliphatic rings. The molecule has 1 aromatic carbocycles. The van der Waals surface area contributed by atoms with Crippen LogP contribution < -0.4 is 0 Å². The van der Waals surface area contributed by atoms with Crippen molar-refractivity contribution in [3.63, 3.8) is 0 Å². The smallest absolute Gasteiger partial charge is 0.282 e. The van der Waals surface area contributed by atoms with Crippen LogP contribution in [0.5, 0.6) is 0 Å². The number of hydrogen-bond donors (Lipinski definition) is 1. The Balaban J connectivity index is 3.77. The van der Waals surface area contributed by atoms with Crippen molar-refractivity contribution in [3.05, 3.63) is 29.3 Å². The monoisotopic (exact) mass is 296 g/mol. The van der Waals surface area contributed by atoms with Crippen LogP contribution in [0.3, 0.4) is 0 Å². The SMILES string of the molecule is O=C=NC(=O)c1cccc(C(=O)N=C=O)c1S(=O)(=O)O. The molecule has 1 aromatic rings. The summed E-state index contributed by atoms with van der Waals surface area (Å²) in [5.41, 5.74) is -1.47. The fourth-order valence-corrected chi connectivity index (χ4v) is 2.22. The number of benzene rings is 1. The van der Waals surface area contributed by atoms with Crippen molar-refractivity contribution < 1.29 is 32.1 Å². The molecule has 102 valence electrons. The first-order valence-electron chi connectivity index (χ1n) is 4.67. The summed E-state index contributed by atoms with van der Waals surface area (Å²) in [4.78, 5) is 47.1. The minimum absolute atomic E-state index is 0.734. The van der Waals surface area contributed by atoms with Crippen LogP contribution in [0, 0.1) is 0 Å². The van der Waals surface area contributed by atoms with E-state index in [0.717, 1.165) is 30.4 Å². The van der Waals surface area contributed by atoms with Crippen molar-refractivity contribution in [2.45, 2.75) is 4.90 Å². The van der Waals surface area contributed by atoms with Gasteiger partial charge in [0.15, 0.2) is 0 Å². The number of carbonyl (C=O) groups excluding carboxylic acids is 4. The first-order chi connectivity index (χ1) is 9.32. The summed E-state index contributed by atoms with van der Waals surface area (Å²) in [7, 11) is -5.01. The molecule has 0 aliphatic heterocycles. The lowest BCUT2D eigenvalue weighted by atomic mass is 10.1. The highest BCUT2D eigenvalue weighted by Gasteiger charge is 2.27. The zero-order valence-corrected chi connectivity index (χ0v) is 10.2. The summed E-state index contributed by atoms with van der Waals surface area (Å²) >= 11 is 0. The van der Waals surface area contributed by atoms with Gasteiger partial charge in [-0.3, -0.25) is 14.1 Å². The fourth-order valence-electron chi connectivity index (χ4n) is 1.36. The van der Waals surface area contributed by atoms with Crippen LogP contribution >= 0.6 is 0 Å². The second kappa shape index (κ2) is 5.91. The van der Waals surface area contributed by atoms with Gasteiger partial charge in [0.05, 0.1) is 11.1 Å². The van der Waals surface area contributed by atoms with E-state index < -0.39 is 38.0 Å². The van der Waals surface area contributed by atoms with E-state index in [1.807, 2.05) is 0 Å². The van der Waals surface area contributed by atoms with Gasteiger partial charge in [-0.05, 0) is 12.1 Å². The van der Waals surface area contributed by atoms with Crippen molar-refractivity contribution in [3.8, 4) is 0 Å². The summed E-state index contributed by atoms with van der Waals surface area (Å²) in [6, 6.07) is 2.90. The maximum Gasteiger partial charge on any atom is 0.296 e. The van der Waals surface area contributed by atoms with Gasteiger partial charge in [-0.25, -0.2) is 9.59 Å². The normalized spacial score (nSPS) is 10.1. The van der Waals surface area contributed by atoms with E-state index in [4.69, 9.17) is 4.55 Å². The van der Waals surface area contributed by atoms with E-state index in [-0.39, 0.29) is 0 Å². The van der Waals surface area contributed by atoms with E-state index in [2.05, 4.69) is 9.98 Å². The van der Waals surface area contributed by atoms with E-state index in [1.165, 1.54) is 0 Å². The molecule has 2 amide bonds. The molecule has 20 heavy (non-hydrogen) atoms. The van der Waals surface area contributed by atoms with Crippen LogP contribution in [-0.4, -0.2) is 36.9 Å². The Morgan fingerprint density at radius 1 is 1.00 bits per heavy atom. The van der Waals surface area contributed by atoms with Crippen LogP contribution in [0.2, 0.25) is 0 Å². The summed E-state index contributed by atoms with van der Waals surface area (Å²) in [6.07, 6.45) is 1.79. The largest absolute Gasteiger partial charge is 0.296 e. The van der Waals surface area contributed by atoms with Crippen LogP contribution in [0.4, 0.5) is 0 Å². The maximum absolute atomic E-state index is 11.4. The number of rotatable bonds is 3. The molecule has 0 aromatic heterocycles. The van der Waals surface area contributed by atoms with Gasteiger partial charge in [-0.2, -0.15) is 8.42 Å². The predicted octanol–water partition coefficient (Wildman–Crippen LogP) is -0.115. The molecular formula is C10H4N2O7S. The first kappa shape index (κ1) is 15.3. The van der Waals surface area contributed by atoms with Gasteiger partial charge in [0, 0.05) is 0 Å². The van der Waals surface area contributed by atoms with Gasteiger partial charge in [0.25, 0.3) is 21.9 Å². The van der Waals surface area contributed by atoms with Crippen molar-refractivity contribution in [2.24, 2.45) is 9.98 Å². The van der Waals surface area contributed by atoms with Crippen molar-refractivity contribution in [1.82, 2.24) is 0 Å². The fraction of sp³-hybridized carbons (Fsp3) is 0. The quantitative estimate of drug-likeness (QED) is 0.464. The van der Waals surface area contributed by atoms with Gasteiger partial charge >= 0.3 is 0 Å². The lowest BCUT2D eigenvalue weighted by molar-refractivity contribution is 0.0997. The van der Waals surface area contributed by atoms with Crippen molar-refractivity contribution in [1.29, 1.82) is 0 Å². The van der Waals surface area contributed by atoms with E-state index in [9.17, 15) is 27.6 Å². The van der Waals surface area contributed by atoms with E-state index in [1.54, 1.807) is 0 Å². The van der Waals surface area contributed by atoms with Crippen molar-refractivity contribution in [2.75, 3.05) is 0 Å². The zero-order valence-electron chi connectivity index (χ0n) is 9.43. The Kier molecular flexibility index (Phi) is 4.52. The molecule has 1 rings (SSSR count). The van der Waals surface area contributed by atoms with Gasteiger partial charge in [-0.15, -0.1) is 9.98 Å². The average Bonchev–Trinajstić information content (AvgIpc) is 2.37. The summed E-state index contributed by atoms with van der Waals surface area (Å²) in [5.74, 6) is -2.67. The van der Waals surface area contributed by atoms with Gasteiger partial charge in [-0.1, -0.05) is 6.07 Å². The van der Waals surface area contributed by atoms with Gasteiger partial charge < -0.3 is 0 Å². The highest BCUT2D eigenvalue weighted by atomic mass is 32.2. The molecule has 0 saturated heterocycles. The third kappa shape index (κ3) is 3.16. The Morgan fingerprint density at radius 2 is 1.40 bits per heavy atom. The lowest BCUT2D eigenvalue weighted by Crippen LogP contribution is -2.13. The van der Waals surface area contributed by atoms with Crippen LogP contribution in [0.15, 0.2) is 33.1 Å². The van der Waals surface area contributed by atoms with Crippen LogP contribution in [-0.2, 0) is 19.7 Å². The molecular weight excluding hydrogens is 292 g/mol.